The summed E-state index contributed by atoms with van der Waals surface area (Å²) < 4.78 is 7.44. The first-order chi connectivity index (χ1) is 13.2. The van der Waals surface area contributed by atoms with Crippen LogP contribution in [0.25, 0.3) is 11.8 Å². The van der Waals surface area contributed by atoms with Crippen LogP contribution in [0.2, 0.25) is 0 Å². The summed E-state index contributed by atoms with van der Waals surface area (Å²) in [5, 5.41) is 7.16. The zero-order valence-corrected chi connectivity index (χ0v) is 15.3. The number of nitrogens with one attached hydrogen (secondary N) is 1. The molecule has 0 aliphatic heterocycles. The van der Waals surface area contributed by atoms with E-state index in [0.29, 0.717) is 13.2 Å². The second-order valence-corrected chi connectivity index (χ2v) is 6.20. The number of amides is 1. The standard InChI is InChI=1S/C22H23N3O2/c1-18-7-5-10-21(15-18)27-14-6-13-23-22(26)12-11-19-16-24-25(17-19)20-8-3-2-4-9-20/h2-5,7-12,15-17H,6,13-14H2,1H3,(H,23,26)/b12-11+. The van der Waals surface area contributed by atoms with Gasteiger partial charge in [0.1, 0.15) is 5.75 Å². The van der Waals surface area contributed by atoms with Gasteiger partial charge in [0.25, 0.3) is 0 Å². The minimum atomic E-state index is -0.127. The molecule has 138 valence electrons. The molecular weight excluding hydrogens is 338 g/mol. The third-order valence-corrected chi connectivity index (χ3v) is 3.93. The van der Waals surface area contributed by atoms with Crippen LogP contribution in [-0.2, 0) is 4.79 Å². The molecule has 27 heavy (non-hydrogen) atoms. The summed E-state index contributed by atoms with van der Waals surface area (Å²) in [7, 11) is 0. The second kappa shape index (κ2) is 9.38. The molecule has 3 aromatic rings. The molecule has 0 fully saturated rings. The minimum Gasteiger partial charge on any atom is -0.494 e. The molecule has 0 radical (unpaired) electrons. The molecular formula is C22H23N3O2. The lowest BCUT2D eigenvalue weighted by molar-refractivity contribution is -0.116. The van der Waals surface area contributed by atoms with Crippen molar-refractivity contribution in [3.8, 4) is 11.4 Å². The molecule has 5 nitrogen and oxygen atoms in total. The molecule has 1 amide bonds. The summed E-state index contributed by atoms with van der Waals surface area (Å²) in [5.41, 5.74) is 3.02. The van der Waals surface area contributed by atoms with Crippen molar-refractivity contribution in [2.45, 2.75) is 13.3 Å². The van der Waals surface area contributed by atoms with E-state index in [9.17, 15) is 4.79 Å². The lowest BCUT2D eigenvalue weighted by Gasteiger charge is -2.07. The molecule has 1 aromatic heterocycles. The molecule has 1 heterocycles. The van der Waals surface area contributed by atoms with E-state index in [-0.39, 0.29) is 5.91 Å². The Kier molecular flexibility index (Phi) is 6.41. The highest BCUT2D eigenvalue weighted by atomic mass is 16.5. The number of hydrogen-bond donors (Lipinski definition) is 1. The lowest BCUT2D eigenvalue weighted by Crippen LogP contribution is -2.23. The van der Waals surface area contributed by atoms with Gasteiger partial charge in [-0.3, -0.25) is 4.79 Å². The quantitative estimate of drug-likeness (QED) is 0.491. The number of para-hydroxylation sites is 1. The first-order valence-electron chi connectivity index (χ1n) is 8.96. The Bertz CT molecular complexity index is 901. The fourth-order valence-corrected chi connectivity index (χ4v) is 2.55. The van der Waals surface area contributed by atoms with Crippen LogP contribution in [0.1, 0.15) is 17.5 Å². The van der Waals surface area contributed by atoms with Crippen LogP contribution in [0.5, 0.6) is 5.75 Å². The number of carbonyl (C=O) groups is 1. The van der Waals surface area contributed by atoms with Crippen molar-refractivity contribution in [1.29, 1.82) is 0 Å². The molecule has 1 N–H and O–H groups in total. The van der Waals surface area contributed by atoms with Gasteiger partial charge >= 0.3 is 0 Å². The van der Waals surface area contributed by atoms with Gasteiger partial charge in [-0.1, -0.05) is 30.3 Å². The van der Waals surface area contributed by atoms with Crippen molar-refractivity contribution < 1.29 is 9.53 Å². The largest absolute Gasteiger partial charge is 0.494 e. The van der Waals surface area contributed by atoms with E-state index in [1.807, 2.05) is 67.7 Å². The van der Waals surface area contributed by atoms with Crippen molar-refractivity contribution in [3.05, 3.63) is 84.2 Å². The van der Waals surface area contributed by atoms with Gasteiger partial charge in [0, 0.05) is 24.4 Å². The Morgan fingerprint density at radius 3 is 2.85 bits per heavy atom. The second-order valence-electron chi connectivity index (χ2n) is 6.20. The topological polar surface area (TPSA) is 56.1 Å². The average Bonchev–Trinajstić information content (AvgIpc) is 3.16. The summed E-state index contributed by atoms with van der Waals surface area (Å²) in [5.74, 6) is 0.731. The summed E-state index contributed by atoms with van der Waals surface area (Å²) >= 11 is 0. The number of rotatable bonds is 8. The average molecular weight is 361 g/mol. The zero-order chi connectivity index (χ0) is 18.9. The molecule has 3 rings (SSSR count). The first kappa shape index (κ1) is 18.5. The maximum Gasteiger partial charge on any atom is 0.244 e. The summed E-state index contributed by atoms with van der Waals surface area (Å²) in [6.45, 7) is 3.17. The van der Waals surface area contributed by atoms with Gasteiger partial charge in [0.2, 0.25) is 5.91 Å². The smallest absolute Gasteiger partial charge is 0.244 e. The van der Waals surface area contributed by atoms with Crippen molar-refractivity contribution in [2.75, 3.05) is 13.2 Å². The van der Waals surface area contributed by atoms with E-state index in [1.54, 1.807) is 17.0 Å². The third kappa shape index (κ3) is 5.85. The number of aromatic nitrogens is 2. The number of nitrogens with zero attached hydrogens (tertiary/aromatic N) is 2. The fourth-order valence-electron chi connectivity index (χ4n) is 2.55. The fraction of sp³-hybridized carbons (Fsp3) is 0.182. The molecule has 0 atom stereocenters. The van der Waals surface area contributed by atoms with Crippen molar-refractivity contribution in [3.63, 3.8) is 0 Å². The first-order valence-corrected chi connectivity index (χ1v) is 8.96. The van der Waals surface area contributed by atoms with Crippen LogP contribution in [-0.4, -0.2) is 28.8 Å². The molecule has 2 aromatic carbocycles. The van der Waals surface area contributed by atoms with E-state index < -0.39 is 0 Å². The predicted molar refractivity (Wildman–Crippen MR) is 107 cm³/mol. The lowest BCUT2D eigenvalue weighted by atomic mass is 10.2. The number of carbonyl (C=O) groups excluding carboxylic acids is 1. The van der Waals surface area contributed by atoms with Gasteiger partial charge in [-0.05, 0) is 49.2 Å². The van der Waals surface area contributed by atoms with Crippen LogP contribution in [0, 0.1) is 6.92 Å². The molecule has 0 saturated heterocycles. The van der Waals surface area contributed by atoms with Gasteiger partial charge in [0.15, 0.2) is 0 Å². The minimum absolute atomic E-state index is 0.127. The molecule has 0 aliphatic rings. The van der Waals surface area contributed by atoms with Crippen LogP contribution >= 0.6 is 0 Å². The van der Waals surface area contributed by atoms with Gasteiger partial charge in [-0.2, -0.15) is 5.10 Å². The number of ether oxygens (including phenoxy) is 1. The van der Waals surface area contributed by atoms with E-state index in [2.05, 4.69) is 10.4 Å². The van der Waals surface area contributed by atoms with Crippen molar-refractivity contribution >= 4 is 12.0 Å². The van der Waals surface area contributed by atoms with Crippen molar-refractivity contribution in [1.82, 2.24) is 15.1 Å². The highest BCUT2D eigenvalue weighted by Crippen LogP contribution is 2.12. The van der Waals surface area contributed by atoms with Gasteiger partial charge in [-0.25, -0.2) is 4.68 Å². The normalized spacial score (nSPS) is 10.9. The summed E-state index contributed by atoms with van der Waals surface area (Å²) in [6.07, 6.45) is 7.64. The van der Waals surface area contributed by atoms with E-state index in [1.165, 1.54) is 11.6 Å². The maximum absolute atomic E-state index is 11.9. The molecule has 0 bridgehead atoms. The van der Waals surface area contributed by atoms with Crippen LogP contribution < -0.4 is 10.1 Å². The van der Waals surface area contributed by atoms with E-state index >= 15 is 0 Å². The molecule has 0 unspecified atom stereocenters. The number of hydrogen-bond acceptors (Lipinski definition) is 3. The Morgan fingerprint density at radius 2 is 2.04 bits per heavy atom. The molecule has 0 aliphatic carbocycles. The Hall–Kier alpha value is -3.34. The predicted octanol–water partition coefficient (Wildman–Crippen LogP) is 3.78. The SMILES string of the molecule is Cc1cccc(OCCCNC(=O)/C=C/c2cnn(-c3ccccc3)c2)c1. The Morgan fingerprint density at radius 1 is 1.19 bits per heavy atom. The van der Waals surface area contributed by atoms with Crippen molar-refractivity contribution in [2.24, 2.45) is 0 Å². The number of aryl methyl sites for hydroxylation is 1. The van der Waals surface area contributed by atoms with E-state index in [0.717, 1.165) is 23.4 Å². The maximum atomic E-state index is 11.9. The Labute approximate surface area is 159 Å². The summed E-state index contributed by atoms with van der Waals surface area (Å²) in [4.78, 5) is 11.9. The highest BCUT2D eigenvalue weighted by molar-refractivity contribution is 5.91. The summed E-state index contributed by atoms with van der Waals surface area (Å²) in [6, 6.07) is 17.8. The Balaban J connectivity index is 1.38. The van der Waals surface area contributed by atoms with Crippen LogP contribution in [0.4, 0.5) is 0 Å². The van der Waals surface area contributed by atoms with Gasteiger partial charge < -0.3 is 10.1 Å². The molecule has 5 heteroatoms. The van der Waals surface area contributed by atoms with Crippen LogP contribution in [0.3, 0.4) is 0 Å². The van der Waals surface area contributed by atoms with Gasteiger partial charge in [0.05, 0.1) is 18.5 Å². The van der Waals surface area contributed by atoms with E-state index in [4.69, 9.17) is 4.74 Å². The zero-order valence-electron chi connectivity index (χ0n) is 15.3. The monoisotopic (exact) mass is 361 g/mol. The van der Waals surface area contributed by atoms with Crippen LogP contribution in [0.15, 0.2) is 73.1 Å². The van der Waals surface area contributed by atoms with Gasteiger partial charge in [-0.15, -0.1) is 0 Å². The highest BCUT2D eigenvalue weighted by Gasteiger charge is 2.00. The molecule has 0 spiro atoms. The molecule has 0 saturated carbocycles. The third-order valence-electron chi connectivity index (χ3n) is 3.93. The number of benzene rings is 2.